The molecule has 0 saturated carbocycles. The number of rotatable bonds is 6. The first kappa shape index (κ1) is 25.2. The van der Waals surface area contributed by atoms with E-state index >= 15 is 0 Å². The Balaban J connectivity index is 1.32. The molecular formula is C28H33N3O6. The predicted molar refractivity (Wildman–Crippen MR) is 135 cm³/mol. The number of piperidine rings is 1. The second kappa shape index (κ2) is 10.9. The Morgan fingerprint density at radius 1 is 1.00 bits per heavy atom. The third kappa shape index (κ3) is 5.19. The van der Waals surface area contributed by atoms with E-state index in [1.165, 1.54) is 0 Å². The second-order valence-electron chi connectivity index (χ2n) is 9.72. The first-order valence-electron chi connectivity index (χ1n) is 12.9. The standard InChI is InChI=1S/C28H33N3O6/c1-35-22-11-9-21(10-12-22)26(33)30-15-13-28(14-16-30)31(27(34)20-6-3-2-4-7-20)24(19-37-28)25(32)29-18-23-8-5-17-36-23/h2-4,6-7,9-12,23-24H,5,8,13-19H2,1H3,(H,29,32). The van der Waals surface area contributed by atoms with Crippen molar-refractivity contribution in [3.05, 3.63) is 65.7 Å². The molecule has 0 aliphatic carbocycles. The van der Waals surface area contributed by atoms with Crippen LogP contribution in [0.1, 0.15) is 46.4 Å². The fourth-order valence-corrected chi connectivity index (χ4v) is 5.40. The van der Waals surface area contributed by atoms with Crippen molar-refractivity contribution in [1.29, 1.82) is 0 Å². The van der Waals surface area contributed by atoms with E-state index in [4.69, 9.17) is 14.2 Å². The highest BCUT2D eigenvalue weighted by atomic mass is 16.5. The van der Waals surface area contributed by atoms with Crippen LogP contribution in [0.5, 0.6) is 5.75 Å². The predicted octanol–water partition coefficient (Wildman–Crippen LogP) is 2.46. The van der Waals surface area contributed by atoms with E-state index in [1.54, 1.807) is 65.4 Å². The molecule has 1 spiro atoms. The molecule has 3 saturated heterocycles. The van der Waals surface area contributed by atoms with Gasteiger partial charge in [-0.2, -0.15) is 0 Å². The van der Waals surface area contributed by atoms with Crippen molar-refractivity contribution in [1.82, 2.24) is 15.1 Å². The van der Waals surface area contributed by atoms with Crippen molar-refractivity contribution in [3.8, 4) is 5.75 Å². The van der Waals surface area contributed by atoms with Gasteiger partial charge in [0.2, 0.25) is 5.91 Å². The maximum Gasteiger partial charge on any atom is 0.256 e. The van der Waals surface area contributed by atoms with Crippen LogP contribution in [-0.2, 0) is 14.3 Å². The summed E-state index contributed by atoms with van der Waals surface area (Å²) in [7, 11) is 1.58. The number of likely N-dealkylation sites (tertiary alicyclic amines) is 1. The van der Waals surface area contributed by atoms with E-state index < -0.39 is 11.8 Å². The van der Waals surface area contributed by atoms with Crippen LogP contribution in [0, 0.1) is 0 Å². The third-order valence-corrected chi connectivity index (χ3v) is 7.50. The van der Waals surface area contributed by atoms with Crippen molar-refractivity contribution < 1.29 is 28.6 Å². The molecule has 2 aromatic carbocycles. The van der Waals surface area contributed by atoms with Gasteiger partial charge < -0.3 is 24.4 Å². The Labute approximate surface area is 216 Å². The minimum Gasteiger partial charge on any atom is -0.497 e. The van der Waals surface area contributed by atoms with Crippen molar-refractivity contribution in [3.63, 3.8) is 0 Å². The zero-order valence-corrected chi connectivity index (χ0v) is 21.1. The molecule has 3 fully saturated rings. The summed E-state index contributed by atoms with van der Waals surface area (Å²) in [6, 6.07) is 15.2. The molecule has 2 unspecified atom stereocenters. The highest BCUT2D eigenvalue weighted by Gasteiger charge is 2.54. The highest BCUT2D eigenvalue weighted by Crippen LogP contribution is 2.39. The number of hydrogen-bond acceptors (Lipinski definition) is 6. The van der Waals surface area contributed by atoms with Gasteiger partial charge in [0, 0.05) is 50.2 Å². The van der Waals surface area contributed by atoms with Crippen molar-refractivity contribution in [2.75, 3.05) is 40.0 Å². The SMILES string of the molecule is COc1ccc(C(=O)N2CCC3(CC2)OCC(C(=O)NCC2CCCO2)N3C(=O)c2ccccc2)cc1. The van der Waals surface area contributed by atoms with Crippen molar-refractivity contribution in [2.24, 2.45) is 0 Å². The van der Waals surface area contributed by atoms with Crippen LogP contribution in [0.3, 0.4) is 0 Å². The average molecular weight is 508 g/mol. The van der Waals surface area contributed by atoms with Crippen LogP contribution in [0.25, 0.3) is 0 Å². The summed E-state index contributed by atoms with van der Waals surface area (Å²) in [6.07, 6.45) is 2.74. The Kier molecular flexibility index (Phi) is 7.43. The van der Waals surface area contributed by atoms with E-state index in [0.717, 1.165) is 12.8 Å². The molecule has 3 aliphatic heterocycles. The molecule has 3 amide bonds. The molecule has 1 N–H and O–H groups in total. The van der Waals surface area contributed by atoms with Crippen LogP contribution in [-0.4, -0.2) is 85.3 Å². The van der Waals surface area contributed by atoms with Crippen LogP contribution in [0.2, 0.25) is 0 Å². The monoisotopic (exact) mass is 507 g/mol. The summed E-state index contributed by atoms with van der Waals surface area (Å²) in [5.74, 6) is 0.119. The van der Waals surface area contributed by atoms with Gasteiger partial charge in [0.25, 0.3) is 11.8 Å². The molecule has 3 heterocycles. The minimum absolute atomic E-state index is 0.00529. The Hall–Kier alpha value is -3.43. The van der Waals surface area contributed by atoms with Gasteiger partial charge in [0.05, 0.1) is 19.8 Å². The summed E-state index contributed by atoms with van der Waals surface area (Å²) in [5, 5.41) is 2.97. The first-order valence-corrected chi connectivity index (χ1v) is 12.9. The van der Waals surface area contributed by atoms with Gasteiger partial charge >= 0.3 is 0 Å². The smallest absolute Gasteiger partial charge is 0.256 e. The van der Waals surface area contributed by atoms with Gasteiger partial charge in [-0.3, -0.25) is 19.3 Å². The molecule has 3 aliphatic rings. The second-order valence-corrected chi connectivity index (χ2v) is 9.72. The lowest BCUT2D eigenvalue weighted by molar-refractivity contribution is -0.128. The minimum atomic E-state index is -0.949. The fourth-order valence-electron chi connectivity index (χ4n) is 5.40. The molecule has 0 bridgehead atoms. The highest BCUT2D eigenvalue weighted by molar-refractivity contribution is 5.98. The quantitative estimate of drug-likeness (QED) is 0.645. The number of hydrogen-bond donors (Lipinski definition) is 1. The summed E-state index contributed by atoms with van der Waals surface area (Å²) in [5.41, 5.74) is 0.129. The molecule has 9 heteroatoms. The Morgan fingerprint density at radius 3 is 2.35 bits per heavy atom. The lowest BCUT2D eigenvalue weighted by Gasteiger charge is -2.44. The van der Waals surface area contributed by atoms with Crippen LogP contribution < -0.4 is 10.1 Å². The molecule has 0 aromatic heterocycles. The molecule has 0 radical (unpaired) electrons. The normalized spacial score (nSPS) is 22.7. The lowest BCUT2D eigenvalue weighted by atomic mass is 9.96. The zero-order chi connectivity index (χ0) is 25.8. The molecule has 37 heavy (non-hydrogen) atoms. The molecule has 5 rings (SSSR count). The largest absolute Gasteiger partial charge is 0.497 e. The number of ether oxygens (including phenoxy) is 3. The molecule has 196 valence electrons. The van der Waals surface area contributed by atoms with Gasteiger partial charge in [0.1, 0.15) is 17.5 Å². The fraction of sp³-hybridized carbons (Fsp3) is 0.464. The van der Waals surface area contributed by atoms with E-state index in [2.05, 4.69) is 5.32 Å². The summed E-state index contributed by atoms with van der Waals surface area (Å²) >= 11 is 0. The van der Waals surface area contributed by atoms with Gasteiger partial charge in [-0.1, -0.05) is 18.2 Å². The van der Waals surface area contributed by atoms with Crippen molar-refractivity contribution >= 4 is 17.7 Å². The first-order chi connectivity index (χ1) is 18.0. The maximum absolute atomic E-state index is 13.7. The number of carbonyl (C=O) groups excluding carboxylic acids is 3. The molecular weight excluding hydrogens is 474 g/mol. The topological polar surface area (TPSA) is 97.4 Å². The lowest BCUT2D eigenvalue weighted by Crippen LogP contribution is -2.60. The molecule has 2 atom stereocenters. The van der Waals surface area contributed by atoms with E-state index in [0.29, 0.717) is 56.0 Å². The van der Waals surface area contributed by atoms with Gasteiger partial charge in [-0.15, -0.1) is 0 Å². The number of nitrogens with one attached hydrogen (secondary N) is 1. The Morgan fingerprint density at radius 2 is 1.70 bits per heavy atom. The number of benzene rings is 2. The number of nitrogens with zero attached hydrogens (tertiary/aromatic N) is 2. The zero-order valence-electron chi connectivity index (χ0n) is 21.1. The average Bonchev–Trinajstić information content (AvgIpc) is 3.60. The van der Waals surface area contributed by atoms with Gasteiger partial charge in [-0.25, -0.2) is 0 Å². The van der Waals surface area contributed by atoms with Crippen LogP contribution in [0.4, 0.5) is 0 Å². The molecule has 2 aromatic rings. The number of carbonyl (C=O) groups is 3. The van der Waals surface area contributed by atoms with E-state index in [9.17, 15) is 14.4 Å². The van der Waals surface area contributed by atoms with E-state index in [-0.39, 0.29) is 30.4 Å². The van der Waals surface area contributed by atoms with Crippen molar-refractivity contribution in [2.45, 2.75) is 43.6 Å². The molecule has 9 nitrogen and oxygen atoms in total. The summed E-state index contributed by atoms with van der Waals surface area (Å²) < 4.78 is 17.1. The number of amides is 3. The number of methoxy groups -OCH3 is 1. The third-order valence-electron chi connectivity index (χ3n) is 7.50. The summed E-state index contributed by atoms with van der Waals surface area (Å²) in [4.78, 5) is 43.5. The van der Waals surface area contributed by atoms with E-state index in [1.807, 2.05) is 6.07 Å². The van der Waals surface area contributed by atoms with Crippen LogP contribution >= 0.6 is 0 Å². The van der Waals surface area contributed by atoms with Gasteiger partial charge in [-0.05, 0) is 49.2 Å². The van der Waals surface area contributed by atoms with Gasteiger partial charge in [0.15, 0.2) is 0 Å². The van der Waals surface area contributed by atoms with Crippen LogP contribution in [0.15, 0.2) is 54.6 Å². The Bertz CT molecular complexity index is 1110. The maximum atomic E-state index is 13.7. The summed E-state index contributed by atoms with van der Waals surface area (Å²) in [6.45, 7) is 2.06.